The number of aldehydes is 1. The van der Waals surface area contributed by atoms with Gasteiger partial charge in [-0.05, 0) is 6.07 Å². The second kappa shape index (κ2) is 3.95. The first kappa shape index (κ1) is 11.0. The van der Waals surface area contributed by atoms with Gasteiger partial charge in [-0.1, -0.05) is 0 Å². The van der Waals surface area contributed by atoms with Gasteiger partial charge in [-0.2, -0.15) is 0 Å². The van der Waals surface area contributed by atoms with E-state index < -0.39 is 28.3 Å². The van der Waals surface area contributed by atoms with Gasteiger partial charge in [-0.3, -0.25) is 14.9 Å². The standard InChI is InChI=1S/C7H5F2N3O3/c8-7(9)5-6(12(14)15)3(2-13)1-4(10)11-5/h1-2,7H,(H2,10,11). The van der Waals surface area contributed by atoms with E-state index >= 15 is 0 Å². The number of alkyl halides is 2. The molecule has 1 rings (SSSR count). The quantitative estimate of drug-likeness (QED) is 0.467. The fraction of sp³-hybridized carbons (Fsp3) is 0.143. The molecule has 0 fully saturated rings. The van der Waals surface area contributed by atoms with E-state index in [1.807, 2.05) is 0 Å². The van der Waals surface area contributed by atoms with Crippen LogP contribution in [0, 0.1) is 10.1 Å². The molecule has 0 aromatic carbocycles. The summed E-state index contributed by atoms with van der Waals surface area (Å²) in [5.41, 5.74) is 2.50. The molecule has 0 unspecified atom stereocenters. The van der Waals surface area contributed by atoms with E-state index in [4.69, 9.17) is 5.73 Å². The molecular weight excluding hydrogens is 212 g/mol. The molecule has 0 aliphatic heterocycles. The minimum Gasteiger partial charge on any atom is -0.384 e. The molecule has 80 valence electrons. The zero-order chi connectivity index (χ0) is 11.6. The lowest BCUT2D eigenvalue weighted by Crippen LogP contribution is -2.06. The molecule has 0 atom stereocenters. The van der Waals surface area contributed by atoms with E-state index in [1.54, 1.807) is 0 Å². The highest BCUT2D eigenvalue weighted by Gasteiger charge is 2.28. The summed E-state index contributed by atoms with van der Waals surface area (Å²) in [5.74, 6) is -0.363. The normalized spacial score (nSPS) is 10.3. The summed E-state index contributed by atoms with van der Waals surface area (Å²) < 4.78 is 24.7. The van der Waals surface area contributed by atoms with Crippen LogP contribution in [0.25, 0.3) is 0 Å². The van der Waals surface area contributed by atoms with Gasteiger partial charge in [0.15, 0.2) is 12.0 Å². The molecule has 2 N–H and O–H groups in total. The van der Waals surface area contributed by atoms with Crippen molar-refractivity contribution in [1.29, 1.82) is 0 Å². The lowest BCUT2D eigenvalue weighted by atomic mass is 10.2. The molecule has 1 aromatic heterocycles. The number of hydrogen-bond acceptors (Lipinski definition) is 5. The highest BCUT2D eigenvalue weighted by Crippen LogP contribution is 2.30. The van der Waals surface area contributed by atoms with Gasteiger partial charge in [0.05, 0.1) is 10.5 Å². The Hall–Kier alpha value is -2.12. The van der Waals surface area contributed by atoms with Crippen LogP contribution in [0.2, 0.25) is 0 Å². The van der Waals surface area contributed by atoms with E-state index in [0.29, 0.717) is 0 Å². The van der Waals surface area contributed by atoms with E-state index in [2.05, 4.69) is 4.98 Å². The fourth-order valence-corrected chi connectivity index (χ4v) is 1.04. The maximum atomic E-state index is 12.3. The van der Waals surface area contributed by atoms with Crippen molar-refractivity contribution in [3.63, 3.8) is 0 Å². The van der Waals surface area contributed by atoms with Gasteiger partial charge < -0.3 is 5.73 Å². The number of nitrogens with two attached hydrogens (primary N) is 1. The Kier molecular flexibility index (Phi) is 2.88. The lowest BCUT2D eigenvalue weighted by molar-refractivity contribution is -0.386. The number of rotatable bonds is 3. The largest absolute Gasteiger partial charge is 0.384 e. The van der Waals surface area contributed by atoms with Crippen molar-refractivity contribution in [2.45, 2.75) is 6.43 Å². The molecule has 0 radical (unpaired) electrons. The van der Waals surface area contributed by atoms with Crippen LogP contribution in [-0.4, -0.2) is 16.2 Å². The molecule has 0 spiro atoms. The number of aromatic nitrogens is 1. The number of nitrogen functional groups attached to an aromatic ring is 1. The van der Waals surface area contributed by atoms with Gasteiger partial charge in [-0.15, -0.1) is 0 Å². The zero-order valence-electron chi connectivity index (χ0n) is 7.18. The molecule has 0 saturated carbocycles. The third-order valence-electron chi connectivity index (χ3n) is 1.59. The monoisotopic (exact) mass is 217 g/mol. The number of nitrogens with zero attached hydrogens (tertiary/aromatic N) is 2. The van der Waals surface area contributed by atoms with Crippen molar-refractivity contribution in [3.05, 3.63) is 27.4 Å². The van der Waals surface area contributed by atoms with Crippen LogP contribution in [-0.2, 0) is 0 Å². The molecule has 0 amide bonds. The summed E-state index contributed by atoms with van der Waals surface area (Å²) in [6, 6.07) is 0.872. The molecule has 0 aliphatic rings. The predicted molar refractivity (Wildman–Crippen MR) is 45.6 cm³/mol. The van der Waals surface area contributed by atoms with Crippen molar-refractivity contribution in [1.82, 2.24) is 4.98 Å². The number of anilines is 1. The van der Waals surface area contributed by atoms with Crippen LogP contribution in [0.15, 0.2) is 6.07 Å². The molecule has 1 aromatic rings. The van der Waals surface area contributed by atoms with Crippen molar-refractivity contribution in [3.8, 4) is 0 Å². The molecule has 1 heterocycles. The second-order valence-electron chi connectivity index (χ2n) is 2.55. The summed E-state index contributed by atoms with van der Waals surface area (Å²) in [7, 11) is 0. The maximum Gasteiger partial charge on any atom is 0.307 e. The highest BCUT2D eigenvalue weighted by molar-refractivity contribution is 5.83. The van der Waals surface area contributed by atoms with Gasteiger partial charge in [0.25, 0.3) is 6.43 Å². The molecular formula is C7H5F2N3O3. The van der Waals surface area contributed by atoms with Crippen LogP contribution in [0.3, 0.4) is 0 Å². The number of pyridine rings is 1. The minimum atomic E-state index is -3.16. The predicted octanol–water partition coefficient (Wildman–Crippen LogP) is 1.32. The van der Waals surface area contributed by atoms with Crippen molar-refractivity contribution < 1.29 is 18.5 Å². The van der Waals surface area contributed by atoms with Gasteiger partial charge in [-0.25, -0.2) is 13.8 Å². The van der Waals surface area contributed by atoms with Crippen LogP contribution >= 0.6 is 0 Å². The number of hydrogen-bond donors (Lipinski definition) is 1. The van der Waals surface area contributed by atoms with Crippen LogP contribution < -0.4 is 5.73 Å². The van der Waals surface area contributed by atoms with Gasteiger partial charge >= 0.3 is 5.69 Å². The van der Waals surface area contributed by atoms with Crippen LogP contribution in [0.4, 0.5) is 20.3 Å². The fourth-order valence-electron chi connectivity index (χ4n) is 1.04. The first-order valence-corrected chi connectivity index (χ1v) is 3.65. The number of halogens is 2. The first-order chi connectivity index (χ1) is 6.97. The Morgan fingerprint density at radius 3 is 2.60 bits per heavy atom. The van der Waals surface area contributed by atoms with Crippen LogP contribution in [0.5, 0.6) is 0 Å². The third kappa shape index (κ3) is 2.03. The second-order valence-corrected chi connectivity index (χ2v) is 2.55. The van der Waals surface area contributed by atoms with E-state index in [0.717, 1.165) is 6.07 Å². The zero-order valence-corrected chi connectivity index (χ0v) is 7.18. The Morgan fingerprint density at radius 1 is 1.60 bits per heavy atom. The number of nitro groups is 1. The summed E-state index contributed by atoms with van der Waals surface area (Å²) in [6.07, 6.45) is -3.07. The van der Waals surface area contributed by atoms with Gasteiger partial charge in [0.2, 0.25) is 0 Å². The van der Waals surface area contributed by atoms with E-state index in [1.165, 1.54) is 0 Å². The summed E-state index contributed by atoms with van der Waals surface area (Å²) in [5, 5.41) is 10.4. The first-order valence-electron chi connectivity index (χ1n) is 3.65. The Bertz CT molecular complexity index is 422. The van der Waals surface area contributed by atoms with Gasteiger partial charge in [0, 0.05) is 0 Å². The number of carbonyl (C=O) groups is 1. The maximum absolute atomic E-state index is 12.3. The summed E-state index contributed by atoms with van der Waals surface area (Å²) >= 11 is 0. The minimum absolute atomic E-state index is 0.0854. The van der Waals surface area contributed by atoms with Gasteiger partial charge in [0.1, 0.15) is 5.82 Å². The average molecular weight is 217 g/mol. The Balaban J connectivity index is 3.54. The van der Waals surface area contributed by atoms with E-state index in [-0.39, 0.29) is 12.1 Å². The highest BCUT2D eigenvalue weighted by atomic mass is 19.3. The van der Waals surface area contributed by atoms with Crippen molar-refractivity contribution in [2.24, 2.45) is 0 Å². The lowest BCUT2D eigenvalue weighted by Gasteiger charge is -2.03. The molecule has 0 bridgehead atoms. The Labute approximate surface area is 81.9 Å². The molecule has 15 heavy (non-hydrogen) atoms. The Morgan fingerprint density at radius 2 is 2.20 bits per heavy atom. The third-order valence-corrected chi connectivity index (χ3v) is 1.59. The van der Waals surface area contributed by atoms with E-state index in [9.17, 15) is 23.7 Å². The smallest absolute Gasteiger partial charge is 0.307 e. The van der Waals surface area contributed by atoms with Crippen molar-refractivity contribution in [2.75, 3.05) is 5.73 Å². The van der Waals surface area contributed by atoms with Crippen LogP contribution in [0.1, 0.15) is 22.5 Å². The van der Waals surface area contributed by atoms with Crippen molar-refractivity contribution >= 4 is 17.8 Å². The molecule has 6 nitrogen and oxygen atoms in total. The number of carbonyl (C=O) groups excluding carboxylic acids is 1. The summed E-state index contributed by atoms with van der Waals surface area (Å²) in [4.78, 5) is 22.9. The average Bonchev–Trinajstić information content (AvgIpc) is 2.15. The SMILES string of the molecule is Nc1cc(C=O)c([N+](=O)[O-])c(C(F)F)n1. The summed E-state index contributed by atoms with van der Waals surface area (Å²) in [6.45, 7) is 0. The topological polar surface area (TPSA) is 99.1 Å². The molecule has 8 heteroatoms. The molecule has 0 aliphatic carbocycles. The molecule has 0 saturated heterocycles.